The third kappa shape index (κ3) is 2.94. The lowest BCUT2D eigenvalue weighted by molar-refractivity contribution is 1.72. The summed E-state index contributed by atoms with van der Waals surface area (Å²) in [5.74, 6) is 0. The second kappa shape index (κ2) is 6.43. The van der Waals surface area contributed by atoms with Crippen LogP contribution in [-0.4, -0.2) is 16.9 Å². The van der Waals surface area contributed by atoms with E-state index in [0.29, 0.717) is 0 Å². The van der Waals surface area contributed by atoms with E-state index < -0.39 is 16.9 Å². The molecule has 20 heavy (non-hydrogen) atoms. The molecule has 2 aromatic rings. The molecule has 0 amide bonds. The van der Waals surface area contributed by atoms with Crippen molar-refractivity contribution in [1.29, 1.82) is 0 Å². The van der Waals surface area contributed by atoms with E-state index in [0.717, 1.165) is 0 Å². The van der Waals surface area contributed by atoms with Crippen LogP contribution in [0, 0.1) is 23.1 Å². The summed E-state index contributed by atoms with van der Waals surface area (Å²) in [6, 6.07) is 20.7. The van der Waals surface area contributed by atoms with Gasteiger partial charge in [0.25, 0.3) is 8.07 Å². The second-order valence-corrected chi connectivity index (χ2v) is 10.8. The van der Waals surface area contributed by atoms with E-state index in [1.807, 2.05) is 36.4 Å². The van der Waals surface area contributed by atoms with E-state index >= 15 is 0 Å². The molecule has 2 aromatic carbocycles. The van der Waals surface area contributed by atoms with Gasteiger partial charge in [0.15, 0.2) is 0 Å². The lowest BCUT2D eigenvalue weighted by Crippen LogP contribution is -2.57. The molecule has 0 spiro atoms. The van der Waals surface area contributed by atoms with E-state index in [-0.39, 0.29) is 0 Å². The SMILES string of the molecule is C#C[Si](C#C[SiH](C)C)(c1ccccc1)c1ccccc1. The average molecular weight is 291 g/mol. The predicted octanol–water partition coefficient (Wildman–Crippen LogP) is 1.99. The first kappa shape index (κ1) is 14.4. The van der Waals surface area contributed by atoms with E-state index in [1.54, 1.807) is 0 Å². The fourth-order valence-electron chi connectivity index (χ4n) is 2.14. The molecule has 2 rings (SSSR count). The Balaban J connectivity index is 2.67. The number of hydrogen-bond donors (Lipinski definition) is 0. The molecule has 0 aliphatic rings. The van der Waals surface area contributed by atoms with Crippen LogP contribution in [0.4, 0.5) is 0 Å². The zero-order valence-corrected chi connectivity index (χ0v) is 14.1. The Kier molecular flexibility index (Phi) is 4.63. The van der Waals surface area contributed by atoms with Crippen LogP contribution < -0.4 is 10.4 Å². The summed E-state index contributed by atoms with van der Waals surface area (Å²) < 4.78 is 0. The molecule has 98 valence electrons. The van der Waals surface area contributed by atoms with Gasteiger partial charge in [-0.25, -0.2) is 0 Å². The van der Waals surface area contributed by atoms with Crippen molar-refractivity contribution < 1.29 is 0 Å². The van der Waals surface area contributed by atoms with Crippen molar-refractivity contribution in [2.24, 2.45) is 0 Å². The lowest BCUT2D eigenvalue weighted by Gasteiger charge is -2.21. The fraction of sp³-hybridized carbons (Fsp3) is 0.111. The summed E-state index contributed by atoms with van der Waals surface area (Å²) in [5, 5.41) is 2.41. The minimum absolute atomic E-state index is 0.953. The number of benzene rings is 2. The second-order valence-electron chi connectivity index (χ2n) is 5.05. The molecule has 0 aromatic heterocycles. The molecule has 0 saturated carbocycles. The van der Waals surface area contributed by atoms with Gasteiger partial charge < -0.3 is 0 Å². The Morgan fingerprint density at radius 1 is 0.850 bits per heavy atom. The van der Waals surface area contributed by atoms with Gasteiger partial charge in [-0.1, -0.05) is 73.8 Å². The van der Waals surface area contributed by atoms with Crippen molar-refractivity contribution >= 4 is 27.2 Å². The monoisotopic (exact) mass is 290 g/mol. The third-order valence-corrected chi connectivity index (χ3v) is 7.54. The number of terminal acetylenes is 1. The zero-order chi connectivity index (χ0) is 14.4. The highest BCUT2D eigenvalue weighted by Crippen LogP contribution is 2.04. The Hall–Kier alpha value is -2.01. The quantitative estimate of drug-likeness (QED) is 0.586. The highest BCUT2D eigenvalue weighted by Gasteiger charge is 2.34. The molecular formula is C18H18Si2. The van der Waals surface area contributed by atoms with Gasteiger partial charge >= 0.3 is 0 Å². The Morgan fingerprint density at radius 2 is 1.30 bits per heavy atom. The van der Waals surface area contributed by atoms with E-state index in [2.05, 4.69) is 54.0 Å². The molecule has 0 bridgehead atoms. The molecule has 0 atom stereocenters. The lowest BCUT2D eigenvalue weighted by atomic mass is 10.4. The molecule has 0 fully saturated rings. The Labute approximate surface area is 124 Å². The number of hydrogen-bond acceptors (Lipinski definition) is 0. The highest BCUT2D eigenvalue weighted by atomic mass is 28.3. The summed E-state index contributed by atoms with van der Waals surface area (Å²) in [6.45, 7) is 4.47. The van der Waals surface area contributed by atoms with Crippen molar-refractivity contribution in [3.63, 3.8) is 0 Å². The molecule has 0 nitrogen and oxygen atoms in total. The minimum atomic E-state index is -2.38. The fourth-order valence-corrected chi connectivity index (χ4v) is 6.58. The average Bonchev–Trinajstić information content (AvgIpc) is 2.50. The maximum atomic E-state index is 5.98. The first-order valence-electron chi connectivity index (χ1n) is 6.80. The van der Waals surface area contributed by atoms with Crippen molar-refractivity contribution in [3.05, 3.63) is 60.7 Å². The van der Waals surface area contributed by atoms with E-state index in [1.165, 1.54) is 10.4 Å². The van der Waals surface area contributed by atoms with Gasteiger partial charge in [0.1, 0.15) is 8.80 Å². The summed E-state index contributed by atoms with van der Waals surface area (Å²) >= 11 is 0. The first-order valence-corrected chi connectivity index (χ1v) is 11.7. The van der Waals surface area contributed by atoms with Crippen molar-refractivity contribution in [3.8, 4) is 23.1 Å². The molecule has 2 heteroatoms. The van der Waals surface area contributed by atoms with Crippen LogP contribution in [0.1, 0.15) is 0 Å². The molecule has 0 aliphatic carbocycles. The maximum Gasteiger partial charge on any atom is 0.274 e. The van der Waals surface area contributed by atoms with Crippen LogP contribution in [0.15, 0.2) is 60.7 Å². The van der Waals surface area contributed by atoms with E-state index in [9.17, 15) is 0 Å². The topological polar surface area (TPSA) is 0 Å². The van der Waals surface area contributed by atoms with Gasteiger partial charge in [-0.2, -0.15) is 0 Å². The van der Waals surface area contributed by atoms with Crippen LogP contribution in [-0.2, 0) is 0 Å². The van der Waals surface area contributed by atoms with Gasteiger partial charge in [0.05, 0.1) is 0 Å². The zero-order valence-electron chi connectivity index (χ0n) is 11.9. The molecule has 0 saturated heterocycles. The van der Waals surface area contributed by atoms with Crippen LogP contribution in [0.25, 0.3) is 0 Å². The van der Waals surface area contributed by atoms with Gasteiger partial charge in [-0.05, 0) is 10.4 Å². The smallest absolute Gasteiger partial charge is 0.141 e. The summed E-state index contributed by atoms with van der Waals surface area (Å²) in [4.78, 5) is 0. The van der Waals surface area contributed by atoms with Crippen molar-refractivity contribution in [1.82, 2.24) is 0 Å². The van der Waals surface area contributed by atoms with Gasteiger partial charge in [-0.15, -0.1) is 23.1 Å². The van der Waals surface area contributed by atoms with Crippen LogP contribution >= 0.6 is 0 Å². The molecule has 0 N–H and O–H groups in total. The Bertz CT molecular complexity index is 616. The van der Waals surface area contributed by atoms with Crippen LogP contribution in [0.5, 0.6) is 0 Å². The van der Waals surface area contributed by atoms with Crippen LogP contribution in [0.3, 0.4) is 0 Å². The van der Waals surface area contributed by atoms with Gasteiger partial charge in [0.2, 0.25) is 0 Å². The van der Waals surface area contributed by atoms with Gasteiger partial charge in [-0.3, -0.25) is 0 Å². The summed E-state index contributed by atoms with van der Waals surface area (Å²) in [7, 11) is -3.34. The van der Waals surface area contributed by atoms with Crippen molar-refractivity contribution in [2.75, 3.05) is 0 Å². The normalized spacial score (nSPS) is 10.5. The Morgan fingerprint density at radius 3 is 1.65 bits per heavy atom. The molecule has 0 heterocycles. The van der Waals surface area contributed by atoms with Gasteiger partial charge in [0, 0.05) is 0 Å². The minimum Gasteiger partial charge on any atom is -0.141 e. The summed E-state index contributed by atoms with van der Waals surface area (Å²) in [5.41, 5.74) is 10.1. The molecule has 0 radical (unpaired) electrons. The standard InChI is InChI=1S/C18H18Si2/c1-4-20(16-15-19(2)3,17-11-7-5-8-12-17)18-13-9-6-10-14-18/h1,5-14,19H,2-3H3. The summed E-state index contributed by atoms with van der Waals surface area (Å²) in [6.07, 6.45) is 5.98. The molecule has 0 aliphatic heterocycles. The molecule has 0 unspecified atom stereocenters. The molecular weight excluding hydrogens is 272 g/mol. The number of rotatable bonds is 2. The maximum absolute atomic E-state index is 5.98. The highest BCUT2D eigenvalue weighted by molar-refractivity contribution is 7.13. The van der Waals surface area contributed by atoms with Crippen LogP contribution in [0.2, 0.25) is 13.1 Å². The predicted molar refractivity (Wildman–Crippen MR) is 93.4 cm³/mol. The largest absolute Gasteiger partial charge is 0.274 e. The van der Waals surface area contributed by atoms with E-state index in [4.69, 9.17) is 6.42 Å². The van der Waals surface area contributed by atoms with Crippen molar-refractivity contribution in [2.45, 2.75) is 13.1 Å². The first-order chi connectivity index (χ1) is 9.69. The third-order valence-electron chi connectivity index (χ3n) is 3.18.